The fourth-order valence-corrected chi connectivity index (χ4v) is 2.77. The molecule has 1 atom stereocenters. The summed E-state index contributed by atoms with van der Waals surface area (Å²) in [5, 5.41) is 9.54. The highest BCUT2D eigenvalue weighted by Gasteiger charge is 2.28. The van der Waals surface area contributed by atoms with E-state index in [0.29, 0.717) is 24.1 Å². The first-order valence-corrected chi connectivity index (χ1v) is 7.09. The third kappa shape index (κ3) is 3.18. The van der Waals surface area contributed by atoms with Crippen LogP contribution in [0.4, 0.5) is 0 Å². The summed E-state index contributed by atoms with van der Waals surface area (Å²) in [5.74, 6) is 0.274. The van der Waals surface area contributed by atoms with E-state index in [1.54, 1.807) is 32.0 Å². The number of Topliss-reactive ketones (excluding diaryl/α,β-unsaturated/α-hetero) is 1. The molecule has 1 unspecified atom stereocenters. The number of hydrogen-bond donors (Lipinski definition) is 1. The van der Waals surface area contributed by atoms with Gasteiger partial charge in [0.05, 0.1) is 0 Å². The van der Waals surface area contributed by atoms with E-state index < -0.39 is 0 Å². The van der Waals surface area contributed by atoms with E-state index in [9.17, 15) is 14.7 Å². The molecule has 0 aliphatic carbocycles. The molecule has 1 aromatic carbocycles. The first-order chi connectivity index (χ1) is 9.49. The van der Waals surface area contributed by atoms with Gasteiger partial charge in [0.2, 0.25) is 0 Å². The van der Waals surface area contributed by atoms with Gasteiger partial charge in [-0.1, -0.05) is 0 Å². The lowest BCUT2D eigenvalue weighted by Crippen LogP contribution is -2.44. The van der Waals surface area contributed by atoms with Gasteiger partial charge in [-0.25, -0.2) is 0 Å². The van der Waals surface area contributed by atoms with Crippen molar-refractivity contribution in [2.45, 2.75) is 45.6 Å². The first-order valence-electron chi connectivity index (χ1n) is 7.09. The number of nitrogens with zero attached hydrogens (tertiary/aromatic N) is 1. The van der Waals surface area contributed by atoms with Gasteiger partial charge in [0.15, 0.2) is 0 Å². The summed E-state index contributed by atoms with van der Waals surface area (Å²) in [6.07, 6.45) is 3.37. The Kier molecular flexibility index (Phi) is 4.42. The molecule has 108 valence electrons. The number of amides is 1. The molecule has 1 amide bonds. The molecule has 1 aromatic rings. The van der Waals surface area contributed by atoms with E-state index in [0.717, 1.165) is 19.3 Å². The second kappa shape index (κ2) is 6.07. The predicted molar refractivity (Wildman–Crippen MR) is 76.8 cm³/mol. The Bertz CT molecular complexity index is 524. The van der Waals surface area contributed by atoms with Crippen LogP contribution in [0.25, 0.3) is 0 Å². The molecule has 0 bridgehead atoms. The molecule has 2 rings (SSSR count). The summed E-state index contributed by atoms with van der Waals surface area (Å²) in [4.78, 5) is 25.7. The number of ketones is 1. The summed E-state index contributed by atoms with van der Waals surface area (Å²) in [7, 11) is 0. The van der Waals surface area contributed by atoms with Crippen LogP contribution in [0.3, 0.4) is 0 Å². The number of carbonyl (C=O) groups is 2. The molecule has 0 radical (unpaired) electrons. The lowest BCUT2D eigenvalue weighted by Gasteiger charge is -2.35. The van der Waals surface area contributed by atoms with Gasteiger partial charge in [-0.3, -0.25) is 9.59 Å². The van der Waals surface area contributed by atoms with E-state index in [2.05, 4.69) is 0 Å². The number of aromatic hydroxyl groups is 1. The Labute approximate surface area is 119 Å². The van der Waals surface area contributed by atoms with E-state index in [1.165, 1.54) is 0 Å². The number of benzene rings is 1. The molecule has 1 saturated heterocycles. The van der Waals surface area contributed by atoms with E-state index in [4.69, 9.17) is 0 Å². The highest BCUT2D eigenvalue weighted by molar-refractivity contribution is 5.95. The van der Waals surface area contributed by atoms with Crippen LogP contribution < -0.4 is 0 Å². The van der Waals surface area contributed by atoms with Gasteiger partial charge in [-0.05, 0) is 56.9 Å². The molecule has 0 saturated carbocycles. The SMILES string of the molecule is CC(=O)CC1CCCCN1C(=O)c1ccc(O)c(C)c1. The maximum absolute atomic E-state index is 12.6. The molecule has 0 aromatic heterocycles. The highest BCUT2D eigenvalue weighted by atomic mass is 16.3. The summed E-state index contributed by atoms with van der Waals surface area (Å²) in [5.41, 5.74) is 1.27. The number of carbonyl (C=O) groups excluding carboxylic acids is 2. The van der Waals surface area contributed by atoms with Crippen molar-refractivity contribution in [2.24, 2.45) is 0 Å². The minimum absolute atomic E-state index is 0.0165. The van der Waals surface area contributed by atoms with Crippen LogP contribution in [-0.4, -0.2) is 34.3 Å². The van der Waals surface area contributed by atoms with Crippen LogP contribution in [0.15, 0.2) is 18.2 Å². The molecule has 20 heavy (non-hydrogen) atoms. The second-order valence-corrected chi connectivity index (χ2v) is 5.56. The van der Waals surface area contributed by atoms with Crippen LogP contribution in [0, 0.1) is 6.92 Å². The van der Waals surface area contributed by atoms with Crippen molar-refractivity contribution in [1.82, 2.24) is 4.90 Å². The predicted octanol–water partition coefficient (Wildman–Crippen LogP) is 2.67. The molecule has 4 heteroatoms. The lowest BCUT2D eigenvalue weighted by molar-refractivity contribution is -0.118. The Morgan fingerprint density at radius 3 is 2.75 bits per heavy atom. The second-order valence-electron chi connectivity index (χ2n) is 5.56. The third-order valence-corrected chi connectivity index (χ3v) is 3.85. The van der Waals surface area contributed by atoms with Crippen molar-refractivity contribution in [3.8, 4) is 5.75 Å². The van der Waals surface area contributed by atoms with Crippen molar-refractivity contribution in [2.75, 3.05) is 6.54 Å². The average Bonchev–Trinajstić information content (AvgIpc) is 2.41. The number of hydrogen-bond acceptors (Lipinski definition) is 3. The topological polar surface area (TPSA) is 57.6 Å². The highest BCUT2D eigenvalue weighted by Crippen LogP contribution is 2.24. The van der Waals surface area contributed by atoms with Gasteiger partial charge in [-0.15, -0.1) is 0 Å². The Morgan fingerprint density at radius 2 is 2.10 bits per heavy atom. The van der Waals surface area contributed by atoms with Crippen molar-refractivity contribution < 1.29 is 14.7 Å². The minimum Gasteiger partial charge on any atom is -0.508 e. The summed E-state index contributed by atoms with van der Waals surface area (Å²) in [6.45, 7) is 4.05. The maximum Gasteiger partial charge on any atom is 0.254 e. The fraction of sp³-hybridized carbons (Fsp3) is 0.500. The molecule has 0 spiro atoms. The zero-order valence-corrected chi connectivity index (χ0v) is 12.1. The number of aryl methyl sites for hydroxylation is 1. The largest absolute Gasteiger partial charge is 0.508 e. The molecule has 4 nitrogen and oxygen atoms in total. The number of rotatable bonds is 3. The van der Waals surface area contributed by atoms with Gasteiger partial charge in [0.25, 0.3) is 5.91 Å². The van der Waals surface area contributed by atoms with Crippen LogP contribution in [0.5, 0.6) is 5.75 Å². The Hall–Kier alpha value is -1.84. The molecular weight excluding hydrogens is 254 g/mol. The fourth-order valence-electron chi connectivity index (χ4n) is 2.77. The number of phenols is 1. The van der Waals surface area contributed by atoms with Gasteiger partial charge in [0, 0.05) is 24.6 Å². The van der Waals surface area contributed by atoms with Crippen molar-refractivity contribution in [1.29, 1.82) is 0 Å². The van der Waals surface area contributed by atoms with E-state index in [-0.39, 0.29) is 23.5 Å². The summed E-state index contributed by atoms with van der Waals surface area (Å²) < 4.78 is 0. The number of piperidine rings is 1. The molecule has 1 aliphatic rings. The number of likely N-dealkylation sites (tertiary alicyclic amines) is 1. The van der Waals surface area contributed by atoms with Gasteiger partial charge >= 0.3 is 0 Å². The van der Waals surface area contributed by atoms with Crippen LogP contribution in [0.2, 0.25) is 0 Å². The van der Waals surface area contributed by atoms with Crippen LogP contribution >= 0.6 is 0 Å². The smallest absolute Gasteiger partial charge is 0.254 e. The normalized spacial score (nSPS) is 18.9. The molecule has 1 N–H and O–H groups in total. The standard InChI is InChI=1S/C16H21NO3/c1-11-9-13(6-7-15(11)19)16(20)17-8-4-3-5-14(17)10-12(2)18/h6-7,9,14,19H,3-5,8,10H2,1-2H3. The first kappa shape index (κ1) is 14.6. The van der Waals surface area contributed by atoms with Gasteiger partial charge in [0.1, 0.15) is 11.5 Å². The van der Waals surface area contributed by atoms with Crippen molar-refractivity contribution in [3.05, 3.63) is 29.3 Å². The van der Waals surface area contributed by atoms with Crippen molar-refractivity contribution >= 4 is 11.7 Å². The molecular formula is C16H21NO3. The Balaban J connectivity index is 2.20. The molecule has 1 fully saturated rings. The van der Waals surface area contributed by atoms with Gasteiger partial charge in [-0.2, -0.15) is 0 Å². The van der Waals surface area contributed by atoms with E-state index >= 15 is 0 Å². The molecule has 1 heterocycles. The Morgan fingerprint density at radius 1 is 1.35 bits per heavy atom. The summed E-state index contributed by atoms with van der Waals surface area (Å²) >= 11 is 0. The van der Waals surface area contributed by atoms with Crippen LogP contribution in [0.1, 0.15) is 48.5 Å². The molecule has 1 aliphatic heterocycles. The average molecular weight is 275 g/mol. The zero-order valence-electron chi connectivity index (χ0n) is 12.1. The van der Waals surface area contributed by atoms with Crippen molar-refractivity contribution in [3.63, 3.8) is 0 Å². The maximum atomic E-state index is 12.6. The quantitative estimate of drug-likeness (QED) is 0.922. The summed E-state index contributed by atoms with van der Waals surface area (Å²) in [6, 6.07) is 4.91. The zero-order chi connectivity index (χ0) is 14.7. The van der Waals surface area contributed by atoms with E-state index in [1.807, 2.05) is 4.90 Å². The minimum atomic E-state index is -0.0425. The van der Waals surface area contributed by atoms with Crippen LogP contribution in [-0.2, 0) is 4.79 Å². The van der Waals surface area contributed by atoms with Gasteiger partial charge < -0.3 is 10.0 Å². The number of phenolic OH excluding ortho intramolecular Hbond substituents is 1. The third-order valence-electron chi connectivity index (χ3n) is 3.85. The monoisotopic (exact) mass is 275 g/mol. The lowest BCUT2D eigenvalue weighted by atomic mass is 9.96.